The van der Waals surface area contributed by atoms with Crippen molar-refractivity contribution in [1.29, 1.82) is 0 Å². The molecule has 1 saturated heterocycles. The topological polar surface area (TPSA) is 61.4 Å². The Hall–Kier alpha value is -2.96. The van der Waals surface area contributed by atoms with Crippen LogP contribution in [0.15, 0.2) is 42.5 Å². The van der Waals surface area contributed by atoms with Crippen LogP contribution in [0.5, 0.6) is 0 Å². The summed E-state index contributed by atoms with van der Waals surface area (Å²) < 4.78 is 27.3. The molecule has 5 nitrogen and oxygen atoms in total. The first kappa shape index (κ1) is 16.9. The van der Waals surface area contributed by atoms with E-state index in [9.17, 15) is 18.4 Å². The number of carbonyl (C=O) groups excluding carboxylic acids is 2. The molecular weight excluding hydrogens is 328 g/mol. The summed E-state index contributed by atoms with van der Waals surface area (Å²) in [6.45, 7) is 2.45. The van der Waals surface area contributed by atoms with Crippen molar-refractivity contribution in [3.63, 3.8) is 0 Å². The minimum atomic E-state index is -0.758. The van der Waals surface area contributed by atoms with Crippen molar-refractivity contribution in [2.75, 3.05) is 16.8 Å². The quantitative estimate of drug-likeness (QED) is 0.895. The largest absolute Gasteiger partial charge is 0.336 e. The Morgan fingerprint density at radius 3 is 2.56 bits per heavy atom. The van der Waals surface area contributed by atoms with Crippen LogP contribution in [-0.2, 0) is 11.2 Å². The molecule has 7 heteroatoms. The zero-order valence-corrected chi connectivity index (χ0v) is 13.6. The molecule has 25 heavy (non-hydrogen) atoms. The average molecular weight is 345 g/mol. The zero-order chi connectivity index (χ0) is 18.0. The monoisotopic (exact) mass is 345 g/mol. The van der Waals surface area contributed by atoms with Crippen molar-refractivity contribution in [3.8, 4) is 0 Å². The van der Waals surface area contributed by atoms with Gasteiger partial charge in [-0.05, 0) is 37.3 Å². The van der Waals surface area contributed by atoms with E-state index in [0.29, 0.717) is 17.9 Å². The van der Waals surface area contributed by atoms with Crippen molar-refractivity contribution in [2.45, 2.75) is 19.4 Å². The van der Waals surface area contributed by atoms with Gasteiger partial charge in [0.05, 0.1) is 12.5 Å². The highest BCUT2D eigenvalue weighted by Crippen LogP contribution is 2.24. The number of rotatable bonds is 4. The predicted molar refractivity (Wildman–Crippen MR) is 90.5 cm³/mol. The summed E-state index contributed by atoms with van der Waals surface area (Å²) in [5.74, 6) is -2.06. The molecule has 0 spiro atoms. The van der Waals surface area contributed by atoms with Crippen LogP contribution >= 0.6 is 0 Å². The zero-order valence-electron chi connectivity index (χ0n) is 13.6. The Morgan fingerprint density at radius 2 is 1.92 bits per heavy atom. The highest BCUT2D eigenvalue weighted by atomic mass is 19.1. The van der Waals surface area contributed by atoms with Crippen molar-refractivity contribution in [1.82, 2.24) is 5.32 Å². The van der Waals surface area contributed by atoms with E-state index >= 15 is 0 Å². The summed E-state index contributed by atoms with van der Waals surface area (Å²) in [4.78, 5) is 25.6. The number of hydrogen-bond donors (Lipinski definition) is 2. The van der Waals surface area contributed by atoms with Crippen LogP contribution in [-0.4, -0.2) is 24.5 Å². The lowest BCUT2D eigenvalue weighted by molar-refractivity contribution is -0.115. The van der Waals surface area contributed by atoms with E-state index < -0.39 is 24.0 Å². The average Bonchev–Trinajstić information content (AvgIpc) is 2.90. The molecule has 3 rings (SSSR count). The predicted octanol–water partition coefficient (Wildman–Crippen LogP) is 3.06. The minimum Gasteiger partial charge on any atom is -0.336 e. The van der Waals surface area contributed by atoms with Crippen LogP contribution in [0.4, 0.5) is 25.0 Å². The summed E-state index contributed by atoms with van der Waals surface area (Å²) in [7, 11) is 0. The highest BCUT2D eigenvalue weighted by Gasteiger charge is 2.28. The van der Waals surface area contributed by atoms with Gasteiger partial charge in [0, 0.05) is 23.5 Å². The fourth-order valence-corrected chi connectivity index (χ4v) is 2.78. The SMILES string of the molecule is C[C@@H]1CNC(=O)N1c1cccc(NC(=O)Cc2c(F)cccc2F)c1. The number of halogens is 2. The maximum Gasteiger partial charge on any atom is 0.322 e. The van der Waals surface area contributed by atoms with Crippen LogP contribution in [0, 0.1) is 11.6 Å². The van der Waals surface area contributed by atoms with Crippen LogP contribution < -0.4 is 15.5 Å². The molecule has 2 N–H and O–H groups in total. The third-order valence-electron chi connectivity index (χ3n) is 4.02. The summed E-state index contributed by atoms with van der Waals surface area (Å²) in [6.07, 6.45) is -0.413. The fraction of sp³-hybridized carbons (Fsp3) is 0.222. The van der Waals surface area contributed by atoms with E-state index in [4.69, 9.17) is 0 Å². The lowest BCUT2D eigenvalue weighted by Gasteiger charge is -2.20. The lowest BCUT2D eigenvalue weighted by Crippen LogP contribution is -2.32. The van der Waals surface area contributed by atoms with Gasteiger partial charge in [0.1, 0.15) is 11.6 Å². The number of anilines is 2. The molecule has 2 aromatic rings. The van der Waals surface area contributed by atoms with Crippen molar-refractivity contribution in [3.05, 3.63) is 59.7 Å². The number of nitrogens with one attached hydrogen (secondary N) is 2. The third-order valence-corrected chi connectivity index (χ3v) is 4.02. The van der Waals surface area contributed by atoms with Crippen LogP contribution in [0.2, 0.25) is 0 Å². The van der Waals surface area contributed by atoms with E-state index in [2.05, 4.69) is 10.6 Å². The summed E-state index contributed by atoms with van der Waals surface area (Å²) in [6, 6.07) is 10.0. The number of amides is 3. The second-order valence-corrected chi connectivity index (χ2v) is 5.88. The fourth-order valence-electron chi connectivity index (χ4n) is 2.78. The van der Waals surface area contributed by atoms with Gasteiger partial charge in [-0.25, -0.2) is 13.6 Å². The molecular formula is C18H17F2N3O2. The molecule has 1 aliphatic heterocycles. The number of hydrogen-bond acceptors (Lipinski definition) is 2. The van der Waals surface area contributed by atoms with E-state index in [1.54, 1.807) is 29.2 Å². The molecule has 130 valence electrons. The van der Waals surface area contributed by atoms with E-state index in [1.165, 1.54) is 6.07 Å². The Labute approximate surface area is 143 Å². The summed E-state index contributed by atoms with van der Waals surface area (Å²) in [5.41, 5.74) is 0.812. The van der Waals surface area contributed by atoms with Crippen molar-refractivity contribution in [2.24, 2.45) is 0 Å². The maximum absolute atomic E-state index is 13.6. The van der Waals surface area contributed by atoms with Gasteiger partial charge in [0.25, 0.3) is 0 Å². The first-order chi connectivity index (χ1) is 12.0. The molecule has 1 heterocycles. The first-order valence-electron chi connectivity index (χ1n) is 7.85. The number of nitrogens with zero attached hydrogens (tertiary/aromatic N) is 1. The third kappa shape index (κ3) is 3.60. The molecule has 0 unspecified atom stereocenters. The van der Waals surface area contributed by atoms with Crippen molar-refractivity contribution >= 4 is 23.3 Å². The number of benzene rings is 2. The van der Waals surface area contributed by atoms with E-state index in [1.807, 2.05) is 6.92 Å². The standard InChI is InChI=1S/C18H17F2N3O2/c1-11-10-21-18(25)23(11)13-5-2-4-12(8-13)22-17(24)9-14-15(19)6-3-7-16(14)20/h2-8,11H,9-10H2,1H3,(H,21,25)(H,22,24)/t11-/m1/s1. The molecule has 0 aromatic heterocycles. The molecule has 1 atom stereocenters. The van der Waals surface area contributed by atoms with Gasteiger partial charge in [0.15, 0.2) is 0 Å². The molecule has 1 fully saturated rings. The minimum absolute atomic E-state index is 0.00837. The van der Waals surface area contributed by atoms with Crippen LogP contribution in [0.25, 0.3) is 0 Å². The number of urea groups is 1. The molecule has 1 aliphatic rings. The summed E-state index contributed by atoms with van der Waals surface area (Å²) >= 11 is 0. The van der Waals surface area contributed by atoms with Gasteiger partial charge in [-0.15, -0.1) is 0 Å². The van der Waals surface area contributed by atoms with Gasteiger partial charge in [-0.1, -0.05) is 12.1 Å². The van der Waals surface area contributed by atoms with Gasteiger partial charge in [0.2, 0.25) is 5.91 Å². The van der Waals surface area contributed by atoms with Gasteiger partial charge < -0.3 is 10.6 Å². The van der Waals surface area contributed by atoms with Crippen molar-refractivity contribution < 1.29 is 18.4 Å². The molecule has 0 aliphatic carbocycles. The molecule has 0 bridgehead atoms. The smallest absolute Gasteiger partial charge is 0.322 e. The molecule has 0 saturated carbocycles. The Morgan fingerprint density at radius 1 is 1.24 bits per heavy atom. The van der Waals surface area contributed by atoms with Crippen LogP contribution in [0.3, 0.4) is 0 Å². The van der Waals surface area contributed by atoms with Gasteiger partial charge in [-0.2, -0.15) is 0 Å². The molecule has 0 radical (unpaired) electrons. The van der Waals surface area contributed by atoms with E-state index in [0.717, 1.165) is 12.1 Å². The second-order valence-electron chi connectivity index (χ2n) is 5.88. The highest BCUT2D eigenvalue weighted by molar-refractivity contribution is 5.97. The van der Waals surface area contributed by atoms with Gasteiger partial charge >= 0.3 is 6.03 Å². The molecule has 2 aromatic carbocycles. The maximum atomic E-state index is 13.6. The second kappa shape index (κ2) is 6.88. The number of carbonyl (C=O) groups is 2. The van der Waals surface area contributed by atoms with E-state index in [-0.39, 0.29) is 17.6 Å². The van der Waals surface area contributed by atoms with Crippen LogP contribution in [0.1, 0.15) is 12.5 Å². The Balaban J connectivity index is 1.74. The lowest BCUT2D eigenvalue weighted by atomic mass is 10.1. The molecule has 3 amide bonds. The summed E-state index contributed by atoms with van der Waals surface area (Å²) in [5, 5.41) is 5.35. The Bertz CT molecular complexity index is 805. The van der Waals surface area contributed by atoms with Gasteiger partial charge in [-0.3, -0.25) is 9.69 Å². The Kier molecular flexibility index (Phi) is 4.65. The normalized spacial score (nSPS) is 16.7. The first-order valence-corrected chi connectivity index (χ1v) is 7.85.